The predicted molar refractivity (Wildman–Crippen MR) is 133 cm³/mol. The summed E-state index contributed by atoms with van der Waals surface area (Å²) in [5.41, 5.74) is 5.29. The van der Waals surface area contributed by atoms with Gasteiger partial charge in [-0.25, -0.2) is 0 Å². The highest BCUT2D eigenvalue weighted by atomic mass is 16.5. The number of benzene rings is 4. The minimum Gasteiger partial charge on any atom is -0.497 e. The van der Waals surface area contributed by atoms with Gasteiger partial charge in [0.2, 0.25) is 0 Å². The second-order valence-electron chi connectivity index (χ2n) is 7.95. The van der Waals surface area contributed by atoms with Crippen molar-refractivity contribution in [3.05, 3.63) is 126 Å². The van der Waals surface area contributed by atoms with Crippen LogP contribution in [0.5, 0.6) is 5.75 Å². The fourth-order valence-corrected chi connectivity index (χ4v) is 4.27. The summed E-state index contributed by atoms with van der Waals surface area (Å²) < 4.78 is 5.28. The Kier molecular flexibility index (Phi) is 5.73. The molecule has 1 aliphatic heterocycles. The lowest BCUT2D eigenvalue weighted by atomic mass is 9.95. The van der Waals surface area contributed by atoms with Crippen LogP contribution in [0.2, 0.25) is 0 Å². The molecule has 1 amide bonds. The molecule has 0 radical (unpaired) electrons. The first-order valence-electron chi connectivity index (χ1n) is 11.0. The van der Waals surface area contributed by atoms with Gasteiger partial charge in [-0.05, 0) is 47.5 Å². The van der Waals surface area contributed by atoms with Gasteiger partial charge in [0.1, 0.15) is 5.75 Å². The van der Waals surface area contributed by atoms with E-state index in [0.717, 1.165) is 34.0 Å². The third-order valence-corrected chi connectivity index (χ3v) is 5.94. The number of methoxy groups -OCH3 is 1. The Labute approximate surface area is 193 Å². The number of hydrogen-bond donors (Lipinski definition) is 0. The number of nitrogens with zero attached hydrogens (tertiary/aromatic N) is 2. The van der Waals surface area contributed by atoms with Crippen molar-refractivity contribution in [1.82, 2.24) is 0 Å². The van der Waals surface area contributed by atoms with Crippen molar-refractivity contribution >= 4 is 23.0 Å². The summed E-state index contributed by atoms with van der Waals surface area (Å²) in [6, 6.07) is 35.3. The number of ether oxygens (including phenoxy) is 1. The van der Waals surface area contributed by atoms with Crippen molar-refractivity contribution in [3.63, 3.8) is 0 Å². The molecular formula is C29H24N2O2. The van der Waals surface area contributed by atoms with Gasteiger partial charge < -0.3 is 4.74 Å². The maximum absolute atomic E-state index is 14.0. The minimum absolute atomic E-state index is 0.0662. The van der Waals surface area contributed by atoms with Crippen LogP contribution in [0, 0.1) is 0 Å². The number of anilines is 1. The molecule has 0 N–H and O–H groups in total. The topological polar surface area (TPSA) is 41.9 Å². The number of rotatable bonds is 4. The number of carbonyl (C=O) groups excluding carboxylic acids is 1. The zero-order valence-corrected chi connectivity index (χ0v) is 18.4. The maximum Gasteiger partial charge on any atom is 0.258 e. The number of amides is 1. The fourth-order valence-electron chi connectivity index (χ4n) is 4.27. The normalized spacial score (nSPS) is 15.2. The van der Waals surface area contributed by atoms with E-state index < -0.39 is 0 Å². The van der Waals surface area contributed by atoms with Crippen LogP contribution in [0.15, 0.2) is 114 Å². The first-order valence-corrected chi connectivity index (χ1v) is 11.0. The molecule has 0 saturated carbocycles. The zero-order valence-electron chi connectivity index (χ0n) is 18.4. The maximum atomic E-state index is 14.0. The van der Waals surface area contributed by atoms with Gasteiger partial charge in [-0.2, -0.15) is 0 Å². The van der Waals surface area contributed by atoms with Crippen molar-refractivity contribution in [2.24, 2.45) is 4.99 Å². The fraction of sp³-hybridized carbons (Fsp3) is 0.103. The third-order valence-electron chi connectivity index (χ3n) is 5.94. The molecule has 162 valence electrons. The molecule has 4 aromatic carbocycles. The van der Waals surface area contributed by atoms with Crippen LogP contribution < -0.4 is 9.64 Å². The standard InChI is InChI=1S/C29H24N2O2/c1-33-24-18-16-23(17-19-24)29(32)31-27-15-9-8-14-25(27)30-26(21-10-4-2-5-11-21)20-28(31)22-12-6-3-7-13-22/h2-19,28H,20H2,1H3/t28-/m1/s1. The molecule has 0 fully saturated rings. The van der Waals surface area contributed by atoms with E-state index in [-0.39, 0.29) is 11.9 Å². The van der Waals surface area contributed by atoms with Crippen molar-refractivity contribution in [2.75, 3.05) is 12.0 Å². The first-order chi connectivity index (χ1) is 16.2. The molecule has 4 nitrogen and oxygen atoms in total. The molecule has 0 aliphatic carbocycles. The highest BCUT2D eigenvalue weighted by Gasteiger charge is 2.33. The van der Waals surface area contributed by atoms with Crippen molar-refractivity contribution in [2.45, 2.75) is 12.5 Å². The largest absolute Gasteiger partial charge is 0.497 e. The van der Waals surface area contributed by atoms with Gasteiger partial charge in [0.25, 0.3) is 5.91 Å². The summed E-state index contributed by atoms with van der Waals surface area (Å²) in [5, 5.41) is 0. The van der Waals surface area contributed by atoms with E-state index in [2.05, 4.69) is 24.3 Å². The molecule has 1 aliphatic rings. The van der Waals surface area contributed by atoms with Gasteiger partial charge in [0.15, 0.2) is 0 Å². The van der Waals surface area contributed by atoms with Gasteiger partial charge in [-0.15, -0.1) is 0 Å². The zero-order chi connectivity index (χ0) is 22.6. The summed E-state index contributed by atoms with van der Waals surface area (Å²) in [5.74, 6) is 0.653. The molecule has 5 rings (SSSR count). The van der Waals surface area contributed by atoms with Crippen LogP contribution in [0.3, 0.4) is 0 Å². The van der Waals surface area contributed by atoms with Crippen molar-refractivity contribution in [1.29, 1.82) is 0 Å². The van der Waals surface area contributed by atoms with Gasteiger partial charge >= 0.3 is 0 Å². The molecule has 0 bridgehead atoms. The van der Waals surface area contributed by atoms with E-state index >= 15 is 0 Å². The Morgan fingerprint density at radius 2 is 1.45 bits per heavy atom. The highest BCUT2D eigenvalue weighted by molar-refractivity contribution is 6.11. The molecule has 4 heteroatoms. The van der Waals surface area contributed by atoms with Crippen LogP contribution in [0.4, 0.5) is 11.4 Å². The van der Waals surface area contributed by atoms with Crippen LogP contribution in [0.1, 0.15) is 33.9 Å². The number of fused-ring (bicyclic) bond motifs is 1. The SMILES string of the molecule is COc1ccc(C(=O)N2c3ccccc3N=C(c3ccccc3)C[C@@H]2c2ccccc2)cc1. The van der Waals surface area contributed by atoms with Crippen LogP contribution in [-0.2, 0) is 0 Å². The summed E-state index contributed by atoms with van der Waals surface area (Å²) in [6.45, 7) is 0. The Morgan fingerprint density at radius 3 is 2.15 bits per heavy atom. The lowest BCUT2D eigenvalue weighted by Crippen LogP contribution is -2.35. The van der Waals surface area contributed by atoms with E-state index in [9.17, 15) is 4.79 Å². The van der Waals surface area contributed by atoms with Crippen molar-refractivity contribution < 1.29 is 9.53 Å². The average Bonchev–Trinajstić information content (AvgIpc) is 3.07. The summed E-state index contributed by atoms with van der Waals surface area (Å²) in [4.78, 5) is 20.9. The Morgan fingerprint density at radius 1 is 0.818 bits per heavy atom. The van der Waals surface area contributed by atoms with Crippen LogP contribution in [0.25, 0.3) is 0 Å². The highest BCUT2D eigenvalue weighted by Crippen LogP contribution is 2.41. The Bertz CT molecular complexity index is 1280. The number of aliphatic imine (C=N–C) groups is 1. The molecule has 0 aromatic heterocycles. The van der Waals surface area contributed by atoms with E-state index in [1.807, 2.05) is 89.8 Å². The first kappa shape index (κ1) is 20.7. The molecule has 33 heavy (non-hydrogen) atoms. The lowest BCUT2D eigenvalue weighted by molar-refractivity contribution is 0.0977. The summed E-state index contributed by atoms with van der Waals surface area (Å²) >= 11 is 0. The lowest BCUT2D eigenvalue weighted by Gasteiger charge is -2.32. The predicted octanol–water partition coefficient (Wildman–Crippen LogP) is 6.61. The van der Waals surface area contributed by atoms with E-state index in [1.54, 1.807) is 7.11 Å². The molecule has 0 spiro atoms. The van der Waals surface area contributed by atoms with E-state index in [4.69, 9.17) is 9.73 Å². The number of para-hydroxylation sites is 2. The van der Waals surface area contributed by atoms with E-state index in [1.165, 1.54) is 0 Å². The molecule has 1 heterocycles. The number of hydrogen-bond acceptors (Lipinski definition) is 3. The quantitative estimate of drug-likeness (QED) is 0.364. The third kappa shape index (κ3) is 4.15. The minimum atomic E-state index is -0.205. The average molecular weight is 433 g/mol. The van der Waals surface area contributed by atoms with Gasteiger partial charge in [0.05, 0.1) is 30.2 Å². The second kappa shape index (κ2) is 9.13. The smallest absolute Gasteiger partial charge is 0.258 e. The number of carbonyl (C=O) groups is 1. The Balaban J connectivity index is 1.67. The van der Waals surface area contributed by atoms with Crippen LogP contribution >= 0.6 is 0 Å². The van der Waals surface area contributed by atoms with Gasteiger partial charge in [-0.3, -0.25) is 14.7 Å². The molecule has 0 saturated heterocycles. The second-order valence-corrected chi connectivity index (χ2v) is 7.95. The van der Waals surface area contributed by atoms with Gasteiger partial charge in [0, 0.05) is 12.0 Å². The van der Waals surface area contributed by atoms with Crippen molar-refractivity contribution in [3.8, 4) is 5.75 Å². The van der Waals surface area contributed by atoms with Crippen LogP contribution in [-0.4, -0.2) is 18.7 Å². The Hall–Kier alpha value is -4.18. The molecule has 4 aromatic rings. The van der Waals surface area contributed by atoms with Gasteiger partial charge in [-0.1, -0.05) is 72.8 Å². The van der Waals surface area contributed by atoms with E-state index in [0.29, 0.717) is 12.0 Å². The summed E-state index contributed by atoms with van der Waals surface area (Å²) in [7, 11) is 1.62. The molecule has 1 atom stereocenters. The molecular weight excluding hydrogens is 408 g/mol. The molecule has 0 unspecified atom stereocenters. The summed E-state index contributed by atoms with van der Waals surface area (Å²) in [6.07, 6.45) is 0.602. The monoisotopic (exact) mass is 432 g/mol.